The Kier molecular flexibility index (Phi) is 3.13. The van der Waals surface area contributed by atoms with E-state index < -0.39 is 0 Å². The Morgan fingerprint density at radius 3 is 2.25 bits per heavy atom. The quantitative estimate of drug-likeness (QED) is 0.718. The highest BCUT2D eigenvalue weighted by Crippen LogP contribution is 2.25. The molecule has 1 saturated carbocycles. The Bertz CT molecular complexity index is 398. The summed E-state index contributed by atoms with van der Waals surface area (Å²) in [5.74, 6) is -0.130. The number of halogens is 1. The molecule has 1 aliphatic rings. The van der Waals surface area contributed by atoms with E-state index in [9.17, 15) is 14.0 Å². The van der Waals surface area contributed by atoms with E-state index in [4.69, 9.17) is 0 Å². The average Bonchev–Trinajstić information content (AvgIpc) is 2.30. The van der Waals surface area contributed by atoms with Crippen molar-refractivity contribution in [3.63, 3.8) is 0 Å². The van der Waals surface area contributed by atoms with Gasteiger partial charge in [-0.15, -0.1) is 0 Å². The van der Waals surface area contributed by atoms with Crippen LogP contribution in [0, 0.1) is 11.7 Å². The van der Waals surface area contributed by atoms with Crippen LogP contribution in [0.3, 0.4) is 0 Å². The van der Waals surface area contributed by atoms with Crippen LogP contribution in [0.2, 0.25) is 0 Å². The Morgan fingerprint density at radius 2 is 1.69 bits per heavy atom. The average molecular weight is 220 g/mol. The second-order valence-electron chi connectivity index (χ2n) is 4.18. The van der Waals surface area contributed by atoms with Crippen LogP contribution in [0.15, 0.2) is 24.3 Å². The number of hydrogen-bond acceptors (Lipinski definition) is 2. The van der Waals surface area contributed by atoms with Gasteiger partial charge in [0.15, 0.2) is 5.78 Å². The van der Waals surface area contributed by atoms with Gasteiger partial charge in [0.1, 0.15) is 11.6 Å². The standard InChI is InChI=1S/C13H13FO2/c14-11-5-1-9(2-6-11)13(16)10-3-7-12(15)8-4-10/h1-2,5-6,10H,3-4,7-8H2. The van der Waals surface area contributed by atoms with E-state index >= 15 is 0 Å². The van der Waals surface area contributed by atoms with Crippen molar-refractivity contribution in [1.29, 1.82) is 0 Å². The number of Topliss-reactive ketones (excluding diaryl/α,β-unsaturated/α-hetero) is 2. The smallest absolute Gasteiger partial charge is 0.165 e. The zero-order chi connectivity index (χ0) is 11.5. The van der Waals surface area contributed by atoms with Crippen LogP contribution < -0.4 is 0 Å². The first-order valence-electron chi connectivity index (χ1n) is 5.48. The number of benzene rings is 1. The molecule has 1 fully saturated rings. The lowest BCUT2D eigenvalue weighted by Crippen LogP contribution is -2.21. The van der Waals surface area contributed by atoms with Gasteiger partial charge in [-0.1, -0.05) is 0 Å². The van der Waals surface area contributed by atoms with Crippen LogP contribution in [0.5, 0.6) is 0 Å². The Morgan fingerprint density at radius 1 is 1.12 bits per heavy atom. The molecular formula is C13H13FO2. The first-order chi connectivity index (χ1) is 7.66. The third-order valence-electron chi connectivity index (χ3n) is 3.04. The highest BCUT2D eigenvalue weighted by atomic mass is 19.1. The van der Waals surface area contributed by atoms with Gasteiger partial charge in [0, 0.05) is 24.3 Å². The summed E-state index contributed by atoms with van der Waals surface area (Å²) in [6, 6.07) is 5.60. The first kappa shape index (κ1) is 11.0. The summed E-state index contributed by atoms with van der Waals surface area (Å²) in [6.07, 6.45) is 2.26. The molecule has 3 heteroatoms. The summed E-state index contributed by atoms with van der Waals surface area (Å²) in [6.45, 7) is 0. The molecule has 0 unspecified atom stereocenters. The highest BCUT2D eigenvalue weighted by Gasteiger charge is 2.25. The molecule has 0 aromatic heterocycles. The van der Waals surface area contributed by atoms with E-state index in [1.807, 2.05) is 0 Å². The molecule has 0 radical (unpaired) electrons. The maximum Gasteiger partial charge on any atom is 0.165 e. The van der Waals surface area contributed by atoms with Gasteiger partial charge in [0.25, 0.3) is 0 Å². The SMILES string of the molecule is O=C1CCC(C(=O)c2ccc(F)cc2)CC1. The van der Waals surface area contributed by atoms with Gasteiger partial charge in [-0.3, -0.25) is 9.59 Å². The molecule has 2 rings (SSSR count). The second kappa shape index (κ2) is 4.56. The predicted octanol–water partition coefficient (Wildman–Crippen LogP) is 2.77. The van der Waals surface area contributed by atoms with Crippen molar-refractivity contribution in [2.75, 3.05) is 0 Å². The van der Waals surface area contributed by atoms with E-state index in [-0.39, 0.29) is 23.3 Å². The molecule has 0 N–H and O–H groups in total. The van der Waals surface area contributed by atoms with Crippen molar-refractivity contribution in [3.8, 4) is 0 Å². The molecule has 1 aliphatic carbocycles. The van der Waals surface area contributed by atoms with E-state index in [1.165, 1.54) is 24.3 Å². The lowest BCUT2D eigenvalue weighted by molar-refractivity contribution is -0.120. The molecule has 0 aliphatic heterocycles. The molecule has 1 aromatic rings. The number of carbonyl (C=O) groups is 2. The van der Waals surface area contributed by atoms with Gasteiger partial charge in [-0.25, -0.2) is 4.39 Å². The Hall–Kier alpha value is -1.51. The van der Waals surface area contributed by atoms with Gasteiger partial charge in [0.05, 0.1) is 0 Å². The van der Waals surface area contributed by atoms with Crippen molar-refractivity contribution < 1.29 is 14.0 Å². The number of hydrogen-bond donors (Lipinski definition) is 0. The van der Waals surface area contributed by atoms with E-state index in [0.29, 0.717) is 31.2 Å². The summed E-state index contributed by atoms with van der Waals surface area (Å²) >= 11 is 0. The molecule has 0 heterocycles. The number of rotatable bonds is 2. The van der Waals surface area contributed by atoms with Crippen LogP contribution in [-0.4, -0.2) is 11.6 Å². The van der Waals surface area contributed by atoms with Crippen LogP contribution in [0.25, 0.3) is 0 Å². The van der Waals surface area contributed by atoms with E-state index in [1.54, 1.807) is 0 Å². The zero-order valence-electron chi connectivity index (χ0n) is 8.91. The third-order valence-corrected chi connectivity index (χ3v) is 3.04. The third kappa shape index (κ3) is 2.35. The van der Waals surface area contributed by atoms with Crippen LogP contribution in [0.1, 0.15) is 36.0 Å². The monoisotopic (exact) mass is 220 g/mol. The maximum absolute atomic E-state index is 12.7. The van der Waals surface area contributed by atoms with Crippen molar-refractivity contribution in [2.24, 2.45) is 5.92 Å². The molecule has 1 aromatic carbocycles. The molecule has 0 amide bonds. The summed E-state index contributed by atoms with van der Waals surface area (Å²) in [7, 11) is 0. The number of ketones is 2. The van der Waals surface area contributed by atoms with Crippen molar-refractivity contribution in [1.82, 2.24) is 0 Å². The molecule has 0 atom stereocenters. The van der Waals surface area contributed by atoms with Gasteiger partial charge in [-0.05, 0) is 37.1 Å². The topological polar surface area (TPSA) is 34.1 Å². The molecule has 16 heavy (non-hydrogen) atoms. The predicted molar refractivity (Wildman–Crippen MR) is 57.7 cm³/mol. The minimum absolute atomic E-state index is 0.0347. The second-order valence-corrected chi connectivity index (χ2v) is 4.18. The fourth-order valence-electron chi connectivity index (χ4n) is 2.05. The maximum atomic E-state index is 12.7. The fourth-order valence-corrected chi connectivity index (χ4v) is 2.05. The van der Waals surface area contributed by atoms with Crippen molar-refractivity contribution in [2.45, 2.75) is 25.7 Å². The van der Waals surface area contributed by atoms with E-state index in [2.05, 4.69) is 0 Å². The van der Waals surface area contributed by atoms with Crippen LogP contribution >= 0.6 is 0 Å². The molecular weight excluding hydrogens is 207 g/mol. The largest absolute Gasteiger partial charge is 0.300 e. The molecule has 84 valence electrons. The summed E-state index contributed by atoms with van der Waals surface area (Å²) in [4.78, 5) is 23.0. The van der Waals surface area contributed by atoms with Crippen molar-refractivity contribution in [3.05, 3.63) is 35.6 Å². The minimum Gasteiger partial charge on any atom is -0.300 e. The highest BCUT2D eigenvalue weighted by molar-refractivity contribution is 5.98. The van der Waals surface area contributed by atoms with Gasteiger partial charge in [-0.2, -0.15) is 0 Å². The fraction of sp³-hybridized carbons (Fsp3) is 0.385. The summed E-state index contributed by atoms with van der Waals surface area (Å²) < 4.78 is 12.7. The van der Waals surface area contributed by atoms with Crippen LogP contribution in [0.4, 0.5) is 4.39 Å². The number of carbonyl (C=O) groups excluding carboxylic acids is 2. The normalized spacial score (nSPS) is 17.4. The Labute approximate surface area is 93.5 Å². The molecule has 0 saturated heterocycles. The van der Waals surface area contributed by atoms with E-state index in [0.717, 1.165) is 0 Å². The van der Waals surface area contributed by atoms with Crippen molar-refractivity contribution >= 4 is 11.6 Å². The van der Waals surface area contributed by atoms with Crippen LogP contribution in [-0.2, 0) is 4.79 Å². The minimum atomic E-state index is -0.338. The molecule has 0 spiro atoms. The summed E-state index contributed by atoms with van der Waals surface area (Å²) in [5.41, 5.74) is 0.542. The zero-order valence-corrected chi connectivity index (χ0v) is 8.91. The summed E-state index contributed by atoms with van der Waals surface area (Å²) in [5, 5.41) is 0. The van der Waals surface area contributed by atoms with Gasteiger partial charge in [0.2, 0.25) is 0 Å². The lowest BCUT2D eigenvalue weighted by Gasteiger charge is -2.19. The first-order valence-corrected chi connectivity index (χ1v) is 5.48. The Balaban J connectivity index is 2.07. The van der Waals surface area contributed by atoms with Gasteiger partial charge < -0.3 is 0 Å². The van der Waals surface area contributed by atoms with Gasteiger partial charge >= 0.3 is 0 Å². The molecule has 2 nitrogen and oxygen atoms in total. The molecule has 0 bridgehead atoms. The lowest BCUT2D eigenvalue weighted by atomic mass is 9.83.